The van der Waals surface area contributed by atoms with Crippen LogP contribution < -0.4 is 9.80 Å². The van der Waals surface area contributed by atoms with Gasteiger partial charge in [0.2, 0.25) is 0 Å². The first-order chi connectivity index (χ1) is 13.2. The molecule has 2 heterocycles. The standard InChI is InChI=1S/C19H26FN3O5/c1-19(2,3)28-17(25)22-8-6-21(7-9-22)16-5-4-13(10-15(16)20)23-11-14(12-24)27-18(23)26/h4-5,10,14,24H,6-9,11-12H2,1-3H3. The number of aliphatic hydroxyl groups is 1. The smallest absolute Gasteiger partial charge is 0.414 e. The van der Waals surface area contributed by atoms with Gasteiger partial charge in [0.05, 0.1) is 24.5 Å². The van der Waals surface area contributed by atoms with E-state index in [1.54, 1.807) is 17.0 Å². The summed E-state index contributed by atoms with van der Waals surface area (Å²) in [5.74, 6) is -0.455. The maximum absolute atomic E-state index is 14.7. The van der Waals surface area contributed by atoms with E-state index >= 15 is 0 Å². The summed E-state index contributed by atoms with van der Waals surface area (Å²) in [6.07, 6.45) is -1.57. The quantitative estimate of drug-likeness (QED) is 0.845. The molecular weight excluding hydrogens is 369 g/mol. The van der Waals surface area contributed by atoms with Crippen molar-refractivity contribution >= 4 is 23.6 Å². The molecule has 0 radical (unpaired) electrons. The fourth-order valence-electron chi connectivity index (χ4n) is 3.20. The number of piperazine rings is 1. The molecule has 9 heteroatoms. The molecule has 0 aromatic heterocycles. The molecule has 1 unspecified atom stereocenters. The zero-order valence-electron chi connectivity index (χ0n) is 16.4. The first kappa shape index (κ1) is 20.2. The van der Waals surface area contributed by atoms with Gasteiger partial charge < -0.3 is 24.4 Å². The van der Waals surface area contributed by atoms with E-state index in [4.69, 9.17) is 14.6 Å². The molecule has 2 amide bonds. The van der Waals surface area contributed by atoms with Crippen molar-refractivity contribution < 1.29 is 28.6 Å². The maximum Gasteiger partial charge on any atom is 0.414 e. The lowest BCUT2D eigenvalue weighted by Gasteiger charge is -2.37. The lowest BCUT2D eigenvalue weighted by atomic mass is 10.2. The van der Waals surface area contributed by atoms with Gasteiger partial charge in [0.15, 0.2) is 0 Å². The van der Waals surface area contributed by atoms with E-state index in [0.717, 1.165) is 0 Å². The molecule has 2 aliphatic heterocycles. The number of benzene rings is 1. The Morgan fingerprint density at radius 3 is 2.50 bits per heavy atom. The van der Waals surface area contributed by atoms with Gasteiger partial charge in [-0.2, -0.15) is 0 Å². The third-order valence-electron chi connectivity index (χ3n) is 4.59. The molecule has 1 aromatic rings. The van der Waals surface area contributed by atoms with Crippen LogP contribution in [0.3, 0.4) is 0 Å². The lowest BCUT2D eigenvalue weighted by Crippen LogP contribution is -2.50. The van der Waals surface area contributed by atoms with E-state index in [9.17, 15) is 14.0 Å². The van der Waals surface area contributed by atoms with E-state index in [1.807, 2.05) is 25.7 Å². The summed E-state index contributed by atoms with van der Waals surface area (Å²) in [5.41, 5.74) is 0.246. The molecule has 3 rings (SSSR count). The van der Waals surface area contributed by atoms with Crippen LogP contribution in [0.25, 0.3) is 0 Å². The number of hydrogen-bond acceptors (Lipinski definition) is 6. The second-order valence-corrected chi connectivity index (χ2v) is 7.89. The topological polar surface area (TPSA) is 82.6 Å². The first-order valence-electron chi connectivity index (χ1n) is 9.29. The van der Waals surface area contributed by atoms with Gasteiger partial charge >= 0.3 is 12.2 Å². The summed E-state index contributed by atoms with van der Waals surface area (Å²) in [6, 6.07) is 4.56. The van der Waals surface area contributed by atoms with Crippen molar-refractivity contribution in [1.29, 1.82) is 0 Å². The zero-order chi connectivity index (χ0) is 20.5. The molecule has 0 aliphatic carbocycles. The fraction of sp³-hybridized carbons (Fsp3) is 0.579. The normalized spacial score (nSPS) is 20.4. The summed E-state index contributed by atoms with van der Waals surface area (Å²) in [5, 5.41) is 9.12. The molecule has 0 saturated carbocycles. The molecule has 1 atom stereocenters. The van der Waals surface area contributed by atoms with Crippen LogP contribution in [-0.2, 0) is 9.47 Å². The average molecular weight is 395 g/mol. The third-order valence-corrected chi connectivity index (χ3v) is 4.59. The zero-order valence-corrected chi connectivity index (χ0v) is 16.4. The largest absolute Gasteiger partial charge is 0.444 e. The van der Waals surface area contributed by atoms with Crippen LogP contribution in [0.15, 0.2) is 18.2 Å². The van der Waals surface area contributed by atoms with Gasteiger partial charge in [0, 0.05) is 26.2 Å². The number of amides is 2. The number of rotatable bonds is 3. The van der Waals surface area contributed by atoms with Crippen LogP contribution >= 0.6 is 0 Å². The third kappa shape index (κ3) is 4.46. The van der Waals surface area contributed by atoms with Crippen LogP contribution in [0.1, 0.15) is 20.8 Å². The molecule has 2 aliphatic rings. The highest BCUT2D eigenvalue weighted by molar-refractivity contribution is 5.90. The van der Waals surface area contributed by atoms with Crippen molar-refractivity contribution in [3.05, 3.63) is 24.0 Å². The molecule has 0 spiro atoms. The molecule has 2 fully saturated rings. The molecule has 1 aromatic carbocycles. The second kappa shape index (κ2) is 7.83. The minimum atomic E-state index is -0.601. The number of hydrogen-bond donors (Lipinski definition) is 1. The lowest BCUT2D eigenvalue weighted by molar-refractivity contribution is 0.0240. The number of anilines is 2. The van der Waals surface area contributed by atoms with Gasteiger partial charge in [-0.15, -0.1) is 0 Å². The van der Waals surface area contributed by atoms with Crippen molar-refractivity contribution in [3.8, 4) is 0 Å². The number of cyclic esters (lactones) is 1. The molecule has 1 N–H and O–H groups in total. The van der Waals surface area contributed by atoms with Crippen molar-refractivity contribution in [3.63, 3.8) is 0 Å². The van der Waals surface area contributed by atoms with E-state index < -0.39 is 23.6 Å². The molecule has 2 saturated heterocycles. The molecular formula is C19H26FN3O5. The van der Waals surface area contributed by atoms with Gasteiger partial charge in [-0.1, -0.05) is 0 Å². The van der Waals surface area contributed by atoms with Gasteiger partial charge in [0.1, 0.15) is 17.5 Å². The Hall–Kier alpha value is -2.55. The average Bonchev–Trinajstić information content (AvgIpc) is 3.01. The Kier molecular flexibility index (Phi) is 5.64. The molecule has 28 heavy (non-hydrogen) atoms. The molecule has 154 valence electrons. The number of aliphatic hydroxyl groups excluding tert-OH is 1. The highest BCUT2D eigenvalue weighted by Crippen LogP contribution is 2.28. The predicted octanol–water partition coefficient (Wildman–Crippen LogP) is 2.20. The number of carbonyl (C=O) groups excluding carboxylic acids is 2. The van der Waals surface area contributed by atoms with Crippen LogP contribution in [-0.4, -0.2) is 73.2 Å². The number of carbonyl (C=O) groups is 2. The Morgan fingerprint density at radius 2 is 1.96 bits per heavy atom. The predicted molar refractivity (Wildman–Crippen MR) is 101 cm³/mol. The highest BCUT2D eigenvalue weighted by atomic mass is 19.1. The molecule has 8 nitrogen and oxygen atoms in total. The van der Waals surface area contributed by atoms with Crippen molar-refractivity contribution in [2.45, 2.75) is 32.5 Å². The Bertz CT molecular complexity index is 744. The van der Waals surface area contributed by atoms with Crippen molar-refractivity contribution in [1.82, 2.24) is 4.90 Å². The summed E-state index contributed by atoms with van der Waals surface area (Å²) < 4.78 is 25.1. The Labute approximate surface area is 163 Å². The van der Waals surface area contributed by atoms with Gasteiger partial charge in [-0.3, -0.25) is 4.90 Å². The summed E-state index contributed by atoms with van der Waals surface area (Å²) in [7, 11) is 0. The highest BCUT2D eigenvalue weighted by Gasteiger charge is 2.33. The number of nitrogens with zero attached hydrogens (tertiary/aromatic N) is 3. The number of halogens is 1. The van der Waals surface area contributed by atoms with Crippen molar-refractivity contribution in [2.75, 3.05) is 49.1 Å². The van der Waals surface area contributed by atoms with E-state index in [0.29, 0.717) is 37.6 Å². The van der Waals surface area contributed by atoms with Crippen LogP contribution in [0.2, 0.25) is 0 Å². The monoisotopic (exact) mass is 395 g/mol. The fourth-order valence-corrected chi connectivity index (χ4v) is 3.20. The van der Waals surface area contributed by atoms with Gasteiger partial charge in [-0.05, 0) is 39.0 Å². The van der Waals surface area contributed by atoms with Crippen LogP contribution in [0, 0.1) is 5.82 Å². The Morgan fingerprint density at radius 1 is 1.29 bits per heavy atom. The Balaban J connectivity index is 1.63. The minimum Gasteiger partial charge on any atom is -0.444 e. The summed E-state index contributed by atoms with van der Waals surface area (Å²) >= 11 is 0. The number of ether oxygens (including phenoxy) is 2. The van der Waals surface area contributed by atoms with Gasteiger partial charge in [-0.25, -0.2) is 14.0 Å². The van der Waals surface area contributed by atoms with Crippen molar-refractivity contribution in [2.24, 2.45) is 0 Å². The SMILES string of the molecule is CC(C)(C)OC(=O)N1CCN(c2ccc(N3CC(CO)OC3=O)cc2F)CC1. The summed E-state index contributed by atoms with van der Waals surface area (Å²) in [6.45, 7) is 7.19. The molecule has 0 bridgehead atoms. The van der Waals surface area contributed by atoms with Crippen LogP contribution in [0.4, 0.5) is 25.4 Å². The summed E-state index contributed by atoms with van der Waals surface area (Å²) in [4.78, 5) is 28.8. The second-order valence-electron chi connectivity index (χ2n) is 7.89. The van der Waals surface area contributed by atoms with Gasteiger partial charge in [0.25, 0.3) is 0 Å². The van der Waals surface area contributed by atoms with Crippen LogP contribution in [0.5, 0.6) is 0 Å². The first-order valence-corrected chi connectivity index (χ1v) is 9.29. The van der Waals surface area contributed by atoms with E-state index in [1.165, 1.54) is 11.0 Å². The van der Waals surface area contributed by atoms with E-state index in [2.05, 4.69) is 0 Å². The minimum absolute atomic E-state index is 0.183. The van der Waals surface area contributed by atoms with E-state index in [-0.39, 0.29) is 19.2 Å². The maximum atomic E-state index is 14.7.